The lowest BCUT2D eigenvalue weighted by atomic mass is 10.1. The maximum atomic E-state index is 12.2. The van der Waals surface area contributed by atoms with Crippen LogP contribution in [0.4, 0.5) is 10.5 Å². The van der Waals surface area contributed by atoms with E-state index in [9.17, 15) is 14.7 Å². The number of β-amino-alcohol motifs (C(OH)–C–C–N with tert-alkyl or cyclic N) is 1. The number of aliphatic carboxylic acids is 1. The van der Waals surface area contributed by atoms with Crippen molar-refractivity contribution in [2.45, 2.75) is 18.6 Å². The van der Waals surface area contributed by atoms with E-state index in [-0.39, 0.29) is 13.0 Å². The fourth-order valence-corrected chi connectivity index (χ4v) is 2.62. The normalized spacial score (nSPS) is 20.5. The number of nitrogens with zero attached hydrogens (tertiary/aromatic N) is 2. The molecule has 0 unspecified atom stereocenters. The van der Waals surface area contributed by atoms with E-state index >= 15 is 0 Å². The lowest BCUT2D eigenvalue weighted by Crippen LogP contribution is -2.43. The first kappa shape index (κ1) is 15.0. The smallest absolute Gasteiger partial charge is 0.326 e. The third kappa shape index (κ3) is 3.16. The second-order valence-electron chi connectivity index (χ2n) is 5.37. The molecule has 2 atom stereocenters. The summed E-state index contributed by atoms with van der Waals surface area (Å²) in [4.78, 5) is 24.5. The molecule has 1 fully saturated rings. The van der Waals surface area contributed by atoms with Crippen molar-refractivity contribution >= 4 is 17.7 Å². The van der Waals surface area contributed by atoms with Gasteiger partial charge in [-0.25, -0.2) is 9.59 Å². The number of aliphatic hydroxyl groups excluding tert-OH is 1. The summed E-state index contributed by atoms with van der Waals surface area (Å²) in [6.07, 6.45) is 0.877. The summed E-state index contributed by atoms with van der Waals surface area (Å²) in [5, 5.41) is 28.1. The molecule has 2 heterocycles. The first-order valence-corrected chi connectivity index (χ1v) is 7.13. The molecular weight excluding hydrogens is 300 g/mol. The summed E-state index contributed by atoms with van der Waals surface area (Å²) in [6, 6.07) is 7.36. The minimum Gasteiger partial charge on any atom is -0.480 e. The lowest BCUT2D eigenvalue weighted by Gasteiger charge is -2.21. The van der Waals surface area contributed by atoms with Gasteiger partial charge in [0.25, 0.3) is 0 Å². The van der Waals surface area contributed by atoms with Gasteiger partial charge in [0.05, 0.1) is 11.8 Å². The van der Waals surface area contributed by atoms with Crippen LogP contribution in [0.3, 0.4) is 0 Å². The number of rotatable bonds is 3. The third-order valence-electron chi connectivity index (χ3n) is 3.77. The summed E-state index contributed by atoms with van der Waals surface area (Å²) < 4.78 is 0. The van der Waals surface area contributed by atoms with Crippen molar-refractivity contribution in [2.75, 3.05) is 11.9 Å². The van der Waals surface area contributed by atoms with E-state index in [1.54, 1.807) is 18.3 Å². The van der Waals surface area contributed by atoms with Crippen molar-refractivity contribution in [1.82, 2.24) is 15.1 Å². The molecule has 1 aliphatic heterocycles. The van der Waals surface area contributed by atoms with E-state index in [1.165, 1.54) is 0 Å². The van der Waals surface area contributed by atoms with Crippen molar-refractivity contribution in [3.63, 3.8) is 0 Å². The van der Waals surface area contributed by atoms with Gasteiger partial charge in [-0.2, -0.15) is 5.10 Å². The number of carboxylic acids is 1. The van der Waals surface area contributed by atoms with Crippen LogP contribution in [0.5, 0.6) is 0 Å². The first-order chi connectivity index (χ1) is 11.0. The van der Waals surface area contributed by atoms with E-state index < -0.39 is 24.1 Å². The van der Waals surface area contributed by atoms with Crippen LogP contribution in [-0.4, -0.2) is 56.0 Å². The largest absolute Gasteiger partial charge is 0.480 e. The zero-order valence-corrected chi connectivity index (χ0v) is 12.1. The van der Waals surface area contributed by atoms with E-state index in [4.69, 9.17) is 5.11 Å². The van der Waals surface area contributed by atoms with Crippen LogP contribution >= 0.6 is 0 Å². The average Bonchev–Trinajstić information content (AvgIpc) is 3.17. The molecule has 8 nitrogen and oxygen atoms in total. The number of aromatic nitrogens is 2. The number of likely N-dealkylation sites (tertiary alicyclic amines) is 1. The van der Waals surface area contributed by atoms with E-state index in [2.05, 4.69) is 15.5 Å². The number of benzene rings is 1. The number of carboxylic acid groups (broad SMARTS) is 1. The molecular formula is C15H16N4O4. The number of urea groups is 1. The quantitative estimate of drug-likeness (QED) is 0.677. The molecule has 1 aromatic heterocycles. The van der Waals surface area contributed by atoms with Gasteiger partial charge in [0.15, 0.2) is 0 Å². The fourth-order valence-electron chi connectivity index (χ4n) is 2.62. The topological polar surface area (TPSA) is 119 Å². The standard InChI is InChI=1S/C15H16N4O4/c20-11-7-13(14(21)22)19(8-11)15(23)17-10-3-1-9(2-4-10)12-5-6-16-18-12/h1-6,11,13,20H,7-8H2,(H,16,18)(H,17,23)(H,21,22)/t11-,13+/m1/s1. The Labute approximate surface area is 131 Å². The molecule has 1 saturated heterocycles. The Morgan fingerprint density at radius 2 is 2.00 bits per heavy atom. The Kier molecular flexibility index (Phi) is 3.98. The zero-order valence-electron chi connectivity index (χ0n) is 12.1. The maximum Gasteiger partial charge on any atom is 0.326 e. The second kappa shape index (κ2) is 6.09. The highest BCUT2D eigenvalue weighted by Crippen LogP contribution is 2.22. The number of carbonyl (C=O) groups is 2. The molecule has 8 heteroatoms. The summed E-state index contributed by atoms with van der Waals surface area (Å²) in [5.74, 6) is -1.12. The first-order valence-electron chi connectivity index (χ1n) is 7.13. The minimum absolute atomic E-state index is 0.00896. The number of anilines is 1. The van der Waals surface area contributed by atoms with Gasteiger partial charge < -0.3 is 20.4 Å². The van der Waals surface area contributed by atoms with Crippen LogP contribution < -0.4 is 5.32 Å². The van der Waals surface area contributed by atoms with Crippen molar-refractivity contribution in [3.05, 3.63) is 36.5 Å². The van der Waals surface area contributed by atoms with Gasteiger partial charge in [0.1, 0.15) is 6.04 Å². The summed E-state index contributed by atoms with van der Waals surface area (Å²) in [6.45, 7) is 0.00896. The molecule has 0 saturated carbocycles. The molecule has 1 aliphatic rings. The van der Waals surface area contributed by atoms with Gasteiger partial charge >= 0.3 is 12.0 Å². The molecule has 0 aliphatic carbocycles. The van der Waals surface area contributed by atoms with Crippen molar-refractivity contribution in [3.8, 4) is 11.3 Å². The molecule has 0 bridgehead atoms. The minimum atomic E-state index is -1.12. The molecule has 4 N–H and O–H groups in total. The number of aliphatic hydroxyl groups is 1. The number of amides is 2. The number of hydrogen-bond donors (Lipinski definition) is 4. The number of nitrogens with one attached hydrogen (secondary N) is 2. The van der Waals surface area contributed by atoms with Crippen LogP contribution in [0.15, 0.2) is 36.5 Å². The molecule has 2 amide bonds. The number of aromatic amines is 1. The predicted octanol–water partition coefficient (Wildman–Crippen LogP) is 1.13. The molecule has 0 spiro atoms. The van der Waals surface area contributed by atoms with Crippen molar-refractivity contribution in [1.29, 1.82) is 0 Å². The highest BCUT2D eigenvalue weighted by molar-refractivity contribution is 5.93. The molecule has 0 radical (unpaired) electrons. The van der Waals surface area contributed by atoms with Gasteiger partial charge in [-0.3, -0.25) is 5.10 Å². The van der Waals surface area contributed by atoms with Crippen LogP contribution in [0, 0.1) is 0 Å². The molecule has 120 valence electrons. The Bertz CT molecular complexity index is 699. The highest BCUT2D eigenvalue weighted by Gasteiger charge is 2.38. The molecule has 2 aromatic rings. The van der Waals surface area contributed by atoms with Crippen LogP contribution in [-0.2, 0) is 4.79 Å². The third-order valence-corrected chi connectivity index (χ3v) is 3.77. The van der Waals surface area contributed by atoms with Gasteiger partial charge in [-0.15, -0.1) is 0 Å². The van der Waals surface area contributed by atoms with Gasteiger partial charge in [-0.1, -0.05) is 12.1 Å². The van der Waals surface area contributed by atoms with Crippen molar-refractivity contribution in [2.24, 2.45) is 0 Å². The summed E-state index contributed by atoms with van der Waals surface area (Å²) in [5.41, 5.74) is 2.32. The summed E-state index contributed by atoms with van der Waals surface area (Å²) >= 11 is 0. The van der Waals surface area contributed by atoms with E-state index in [0.717, 1.165) is 16.2 Å². The van der Waals surface area contributed by atoms with E-state index in [1.807, 2.05) is 18.2 Å². The monoisotopic (exact) mass is 316 g/mol. The van der Waals surface area contributed by atoms with E-state index in [0.29, 0.717) is 5.69 Å². The van der Waals surface area contributed by atoms with Gasteiger partial charge in [-0.05, 0) is 23.8 Å². The number of hydrogen-bond acceptors (Lipinski definition) is 4. The highest BCUT2D eigenvalue weighted by atomic mass is 16.4. The predicted molar refractivity (Wildman–Crippen MR) is 81.8 cm³/mol. The van der Waals surface area contributed by atoms with Crippen LogP contribution in [0.25, 0.3) is 11.3 Å². The van der Waals surface area contributed by atoms with Gasteiger partial charge in [0, 0.05) is 24.8 Å². The van der Waals surface area contributed by atoms with Crippen molar-refractivity contribution < 1.29 is 19.8 Å². The average molecular weight is 316 g/mol. The van der Waals surface area contributed by atoms with Crippen LogP contribution in [0.2, 0.25) is 0 Å². The number of H-pyrrole nitrogens is 1. The fraction of sp³-hybridized carbons (Fsp3) is 0.267. The number of carbonyl (C=O) groups excluding carboxylic acids is 1. The lowest BCUT2D eigenvalue weighted by molar-refractivity contribution is -0.141. The maximum absolute atomic E-state index is 12.2. The molecule has 1 aromatic carbocycles. The van der Waals surface area contributed by atoms with Crippen LogP contribution in [0.1, 0.15) is 6.42 Å². The molecule has 3 rings (SSSR count). The Morgan fingerprint density at radius 3 is 2.61 bits per heavy atom. The summed E-state index contributed by atoms with van der Waals surface area (Å²) in [7, 11) is 0. The second-order valence-corrected chi connectivity index (χ2v) is 5.37. The Hall–Kier alpha value is -2.87. The Balaban J connectivity index is 1.69. The Morgan fingerprint density at radius 1 is 1.26 bits per heavy atom. The molecule has 23 heavy (non-hydrogen) atoms. The SMILES string of the molecule is O=C(O)[C@@H]1C[C@@H](O)CN1C(=O)Nc1ccc(-c2ccn[nH]2)cc1. The van der Waals surface area contributed by atoms with Gasteiger partial charge in [0.2, 0.25) is 0 Å². The zero-order chi connectivity index (χ0) is 16.4.